The van der Waals surface area contributed by atoms with Gasteiger partial charge in [-0.05, 0) is 69.3 Å². The molecule has 2 aliphatic rings. The second-order valence-electron chi connectivity index (χ2n) is 9.42. The van der Waals surface area contributed by atoms with Crippen LogP contribution in [-0.4, -0.2) is 61.7 Å². The fourth-order valence-corrected chi connectivity index (χ4v) is 5.51. The Balaban J connectivity index is 1.24. The van der Waals surface area contributed by atoms with Crippen LogP contribution in [-0.2, 0) is 9.53 Å². The highest BCUT2D eigenvalue weighted by Crippen LogP contribution is 2.34. The molecule has 0 radical (unpaired) electrons. The lowest BCUT2D eigenvalue weighted by Gasteiger charge is -2.39. The van der Waals surface area contributed by atoms with Gasteiger partial charge in [0.1, 0.15) is 17.9 Å². The number of hydrogen-bond donors (Lipinski definition) is 0. The van der Waals surface area contributed by atoms with Crippen molar-refractivity contribution in [2.75, 3.05) is 39.8 Å². The molecule has 184 valence electrons. The number of methoxy groups -OCH3 is 1. The van der Waals surface area contributed by atoms with Crippen molar-refractivity contribution in [3.8, 4) is 5.75 Å². The molecular formula is C27H34Cl2N2O3. The number of ether oxygens (including phenoxy) is 2. The summed E-state index contributed by atoms with van der Waals surface area (Å²) in [5.41, 5.74) is 1.91. The second-order valence-corrected chi connectivity index (χ2v) is 10.2. The fraction of sp³-hybridized carbons (Fsp3) is 0.519. The predicted octanol–water partition coefficient (Wildman–Crippen LogP) is 5.77. The summed E-state index contributed by atoms with van der Waals surface area (Å²) in [5.74, 6) is 1.31. The van der Waals surface area contributed by atoms with Crippen molar-refractivity contribution in [3.05, 3.63) is 63.6 Å². The number of hydrogen-bond acceptors (Lipinski definition) is 5. The molecule has 0 unspecified atom stereocenters. The molecule has 7 heteroatoms. The first-order valence-corrected chi connectivity index (χ1v) is 12.9. The van der Waals surface area contributed by atoms with Crippen LogP contribution in [0.5, 0.6) is 5.75 Å². The average molecular weight is 505 g/mol. The number of benzene rings is 2. The van der Waals surface area contributed by atoms with Crippen LogP contribution in [0.4, 0.5) is 0 Å². The zero-order valence-corrected chi connectivity index (χ0v) is 21.5. The minimum atomic E-state index is -0.315. The van der Waals surface area contributed by atoms with E-state index in [9.17, 15) is 4.79 Å². The Morgan fingerprint density at radius 3 is 2.32 bits per heavy atom. The topological polar surface area (TPSA) is 42.0 Å². The molecule has 0 aromatic heterocycles. The van der Waals surface area contributed by atoms with Crippen molar-refractivity contribution in [1.29, 1.82) is 0 Å². The highest BCUT2D eigenvalue weighted by atomic mass is 35.5. The van der Waals surface area contributed by atoms with Gasteiger partial charge in [0.2, 0.25) is 0 Å². The van der Waals surface area contributed by atoms with E-state index in [1.165, 1.54) is 7.11 Å². The third kappa shape index (κ3) is 6.06. The first kappa shape index (κ1) is 25.3. The summed E-state index contributed by atoms with van der Waals surface area (Å²) >= 11 is 12.4. The minimum Gasteiger partial charge on any atom is -0.490 e. The Kier molecular flexibility index (Phi) is 8.75. The van der Waals surface area contributed by atoms with Gasteiger partial charge in [-0.2, -0.15) is 0 Å². The van der Waals surface area contributed by atoms with Crippen LogP contribution in [0.1, 0.15) is 42.9 Å². The number of piperidine rings is 2. The van der Waals surface area contributed by atoms with Crippen LogP contribution in [0.3, 0.4) is 0 Å². The van der Waals surface area contributed by atoms with E-state index in [0.29, 0.717) is 16.0 Å². The second kappa shape index (κ2) is 11.8. The molecule has 5 nitrogen and oxygen atoms in total. The summed E-state index contributed by atoms with van der Waals surface area (Å²) in [4.78, 5) is 17.4. The van der Waals surface area contributed by atoms with Gasteiger partial charge in [0.05, 0.1) is 17.2 Å². The van der Waals surface area contributed by atoms with Crippen molar-refractivity contribution < 1.29 is 14.3 Å². The lowest BCUT2D eigenvalue weighted by atomic mass is 9.93. The molecule has 2 aliphatic heterocycles. The fourth-order valence-electron chi connectivity index (χ4n) is 5.15. The molecule has 4 rings (SSSR count). The number of carbonyl (C=O) groups is 1. The highest BCUT2D eigenvalue weighted by molar-refractivity contribution is 6.42. The maximum atomic E-state index is 12.5. The smallest absolute Gasteiger partial charge is 0.327 e. The Hall–Kier alpha value is -1.79. The zero-order chi connectivity index (χ0) is 24.1. The van der Waals surface area contributed by atoms with Gasteiger partial charge in [0.25, 0.3) is 0 Å². The lowest BCUT2D eigenvalue weighted by Crippen LogP contribution is -2.45. The van der Waals surface area contributed by atoms with Crippen molar-refractivity contribution in [2.24, 2.45) is 5.92 Å². The van der Waals surface area contributed by atoms with E-state index in [1.54, 1.807) is 6.07 Å². The number of rotatable bonds is 7. The Labute approximate surface area is 212 Å². The summed E-state index contributed by atoms with van der Waals surface area (Å²) in [6, 6.07) is 13.4. The van der Waals surface area contributed by atoms with E-state index >= 15 is 0 Å². The number of halogens is 2. The van der Waals surface area contributed by atoms with Gasteiger partial charge in [-0.1, -0.05) is 53.5 Å². The molecule has 0 spiro atoms. The van der Waals surface area contributed by atoms with Crippen LogP contribution >= 0.6 is 23.2 Å². The molecule has 2 saturated heterocycles. The Morgan fingerprint density at radius 1 is 1.00 bits per heavy atom. The van der Waals surface area contributed by atoms with Crippen molar-refractivity contribution >= 4 is 29.2 Å². The Bertz CT molecular complexity index is 956. The van der Waals surface area contributed by atoms with Gasteiger partial charge in [0.15, 0.2) is 0 Å². The molecule has 0 N–H and O–H groups in total. The molecule has 1 atom stereocenters. The summed E-state index contributed by atoms with van der Waals surface area (Å²) in [6.07, 6.45) is 4.42. The Morgan fingerprint density at radius 2 is 1.68 bits per heavy atom. The normalized spacial score (nSPS) is 19.6. The summed E-state index contributed by atoms with van der Waals surface area (Å²) in [7, 11) is 1.47. The molecule has 0 saturated carbocycles. The van der Waals surface area contributed by atoms with E-state index in [4.69, 9.17) is 32.7 Å². The van der Waals surface area contributed by atoms with Crippen LogP contribution < -0.4 is 4.74 Å². The molecule has 2 fully saturated rings. The lowest BCUT2D eigenvalue weighted by molar-refractivity contribution is -0.148. The monoisotopic (exact) mass is 504 g/mol. The molecule has 2 aromatic carbocycles. The molecule has 0 bridgehead atoms. The zero-order valence-electron chi connectivity index (χ0n) is 20.0. The average Bonchev–Trinajstić information content (AvgIpc) is 2.87. The summed E-state index contributed by atoms with van der Waals surface area (Å²) in [6.45, 7) is 6.97. The van der Waals surface area contributed by atoms with Gasteiger partial charge >= 0.3 is 5.97 Å². The van der Waals surface area contributed by atoms with E-state index in [-0.39, 0.29) is 18.1 Å². The van der Waals surface area contributed by atoms with Crippen LogP contribution in [0, 0.1) is 12.8 Å². The number of nitrogens with zero attached hydrogens (tertiary/aromatic N) is 2. The van der Waals surface area contributed by atoms with Crippen molar-refractivity contribution in [1.82, 2.24) is 9.80 Å². The van der Waals surface area contributed by atoms with E-state index in [0.717, 1.165) is 75.3 Å². The quantitative estimate of drug-likeness (QED) is 0.447. The van der Waals surface area contributed by atoms with Gasteiger partial charge in [0, 0.05) is 25.2 Å². The summed E-state index contributed by atoms with van der Waals surface area (Å²) in [5, 5.41) is 1.14. The number of esters is 1. The third-order valence-electron chi connectivity index (χ3n) is 7.19. The third-order valence-corrected chi connectivity index (χ3v) is 8.09. The van der Waals surface area contributed by atoms with Crippen LogP contribution in [0.25, 0.3) is 0 Å². The largest absolute Gasteiger partial charge is 0.490 e. The first-order chi connectivity index (χ1) is 16.5. The van der Waals surface area contributed by atoms with Gasteiger partial charge in [-0.3, -0.25) is 4.90 Å². The molecule has 2 aromatic rings. The van der Waals surface area contributed by atoms with Gasteiger partial charge in [-0.15, -0.1) is 0 Å². The van der Waals surface area contributed by atoms with Crippen LogP contribution in [0.15, 0.2) is 42.5 Å². The SMILES string of the molecule is COC(=O)[C@@H](c1ccccc1)N1CCC(CN2CCC(Oc3ccc(Cl)c(Cl)c3C)CC2)CC1. The maximum absolute atomic E-state index is 12.5. The first-order valence-electron chi connectivity index (χ1n) is 12.2. The molecule has 0 amide bonds. The minimum absolute atomic E-state index is 0.177. The van der Waals surface area contributed by atoms with Gasteiger partial charge in [-0.25, -0.2) is 4.79 Å². The van der Waals surface area contributed by atoms with Crippen molar-refractivity contribution in [3.63, 3.8) is 0 Å². The van der Waals surface area contributed by atoms with E-state index < -0.39 is 0 Å². The standard InChI is InChI=1S/C27H34Cl2N2O3/c1-19-24(9-8-23(28)25(19)29)34-22-12-14-30(15-13-22)18-20-10-16-31(17-11-20)26(27(32)33-2)21-6-4-3-5-7-21/h3-9,20,22,26H,10-18H2,1-2H3/t26-/m1/s1. The maximum Gasteiger partial charge on any atom is 0.327 e. The summed E-state index contributed by atoms with van der Waals surface area (Å²) < 4.78 is 11.4. The predicted molar refractivity (Wildman–Crippen MR) is 137 cm³/mol. The van der Waals surface area contributed by atoms with E-state index in [2.05, 4.69) is 9.80 Å². The highest BCUT2D eigenvalue weighted by Gasteiger charge is 2.32. The number of likely N-dealkylation sites (tertiary alicyclic amines) is 2. The number of carbonyl (C=O) groups excluding carboxylic acids is 1. The van der Waals surface area contributed by atoms with Crippen LogP contribution in [0.2, 0.25) is 10.0 Å². The molecule has 2 heterocycles. The van der Waals surface area contributed by atoms with Gasteiger partial charge < -0.3 is 14.4 Å². The van der Waals surface area contributed by atoms with E-state index in [1.807, 2.05) is 43.3 Å². The molecule has 34 heavy (non-hydrogen) atoms. The van der Waals surface area contributed by atoms with Crippen molar-refractivity contribution in [2.45, 2.75) is 44.8 Å². The molecular weight excluding hydrogens is 471 g/mol. The molecule has 0 aliphatic carbocycles.